The van der Waals surface area contributed by atoms with Crippen molar-refractivity contribution in [1.29, 1.82) is 0 Å². The van der Waals surface area contributed by atoms with Crippen LogP contribution in [0.4, 0.5) is 0 Å². The Morgan fingerprint density at radius 2 is 2.00 bits per heavy atom. The second kappa shape index (κ2) is 4.56. The Bertz CT molecular complexity index is 771. The largest absolute Gasteiger partial charge is 0.241 e. The van der Waals surface area contributed by atoms with Gasteiger partial charge >= 0.3 is 0 Å². The number of halogens is 1. The van der Waals surface area contributed by atoms with Gasteiger partial charge in [-0.15, -0.1) is 0 Å². The van der Waals surface area contributed by atoms with Crippen LogP contribution in [0.2, 0.25) is 5.28 Å². The van der Waals surface area contributed by atoms with Crippen LogP contribution in [0.25, 0.3) is 16.8 Å². The van der Waals surface area contributed by atoms with Crippen molar-refractivity contribution in [1.82, 2.24) is 19.6 Å². The van der Waals surface area contributed by atoms with Gasteiger partial charge in [-0.3, -0.25) is 0 Å². The summed E-state index contributed by atoms with van der Waals surface area (Å²) in [6.07, 6.45) is 5.53. The molecule has 102 valence electrons. The topological polar surface area (TPSA) is 43.1 Å². The first-order valence-electron chi connectivity index (χ1n) is 6.42. The molecule has 0 amide bonds. The predicted molar refractivity (Wildman–Crippen MR) is 79.9 cm³/mol. The van der Waals surface area contributed by atoms with Gasteiger partial charge in [-0.1, -0.05) is 20.8 Å². The minimum Gasteiger partial charge on any atom is -0.241 e. The van der Waals surface area contributed by atoms with E-state index < -0.39 is 0 Å². The molecule has 5 heteroatoms. The van der Waals surface area contributed by atoms with Crippen LogP contribution in [-0.2, 0) is 5.41 Å². The predicted octanol–water partition coefficient (Wildman–Crippen LogP) is 3.74. The van der Waals surface area contributed by atoms with Gasteiger partial charge in [-0.25, -0.2) is 14.5 Å². The summed E-state index contributed by atoms with van der Waals surface area (Å²) in [5, 5.41) is 4.65. The molecule has 0 unspecified atom stereocenters. The molecular weight excluding hydrogens is 272 g/mol. The van der Waals surface area contributed by atoms with E-state index in [0.717, 1.165) is 16.8 Å². The smallest absolute Gasteiger partial charge is 0.222 e. The molecule has 3 heterocycles. The molecule has 0 bridgehead atoms. The normalized spacial score (nSPS) is 12.0. The van der Waals surface area contributed by atoms with Gasteiger partial charge in [0.15, 0.2) is 0 Å². The zero-order chi connectivity index (χ0) is 14.3. The van der Waals surface area contributed by atoms with Crippen molar-refractivity contribution in [2.45, 2.75) is 26.2 Å². The second-order valence-corrected chi connectivity index (χ2v) is 6.10. The molecule has 0 aliphatic rings. The average Bonchev–Trinajstić information content (AvgIpc) is 2.81. The zero-order valence-corrected chi connectivity index (χ0v) is 12.4. The fourth-order valence-electron chi connectivity index (χ4n) is 2.21. The molecule has 0 aromatic carbocycles. The number of pyridine rings is 1. The summed E-state index contributed by atoms with van der Waals surface area (Å²) >= 11 is 5.86. The molecule has 0 aliphatic carbocycles. The maximum atomic E-state index is 5.86. The highest BCUT2D eigenvalue weighted by Crippen LogP contribution is 2.28. The molecule has 0 spiro atoms. The third-order valence-electron chi connectivity index (χ3n) is 3.25. The molecule has 0 aliphatic heterocycles. The number of nitrogens with zero attached hydrogens (tertiary/aromatic N) is 4. The van der Waals surface area contributed by atoms with E-state index >= 15 is 0 Å². The lowest BCUT2D eigenvalue weighted by atomic mass is 9.88. The molecule has 3 aromatic rings. The van der Waals surface area contributed by atoms with Crippen LogP contribution in [0.15, 0.2) is 36.8 Å². The summed E-state index contributed by atoms with van der Waals surface area (Å²) in [6.45, 7) is 6.54. The fraction of sp³-hybridized carbons (Fsp3) is 0.267. The van der Waals surface area contributed by atoms with Crippen molar-refractivity contribution >= 4 is 17.1 Å². The monoisotopic (exact) mass is 286 g/mol. The van der Waals surface area contributed by atoms with E-state index in [2.05, 4.69) is 41.9 Å². The average molecular weight is 287 g/mol. The van der Waals surface area contributed by atoms with Crippen LogP contribution in [0.5, 0.6) is 0 Å². The summed E-state index contributed by atoms with van der Waals surface area (Å²) in [4.78, 5) is 8.16. The molecule has 0 saturated heterocycles. The Labute approximate surface area is 122 Å². The Kier molecular flexibility index (Phi) is 2.98. The van der Waals surface area contributed by atoms with Gasteiger partial charge in [-0.05, 0) is 35.2 Å². The van der Waals surface area contributed by atoms with Crippen LogP contribution < -0.4 is 0 Å². The Balaban J connectivity index is 2.19. The lowest BCUT2D eigenvalue weighted by Gasteiger charge is -2.16. The van der Waals surface area contributed by atoms with E-state index in [4.69, 9.17) is 11.6 Å². The van der Waals surface area contributed by atoms with Gasteiger partial charge in [0.25, 0.3) is 0 Å². The molecule has 20 heavy (non-hydrogen) atoms. The summed E-state index contributed by atoms with van der Waals surface area (Å²) < 4.78 is 1.88. The highest BCUT2D eigenvalue weighted by atomic mass is 35.5. The quantitative estimate of drug-likeness (QED) is 0.640. The molecule has 3 aromatic heterocycles. The fourth-order valence-corrected chi connectivity index (χ4v) is 2.36. The highest BCUT2D eigenvalue weighted by Gasteiger charge is 2.19. The third-order valence-corrected chi connectivity index (χ3v) is 3.43. The Morgan fingerprint density at radius 1 is 1.20 bits per heavy atom. The summed E-state index contributed by atoms with van der Waals surface area (Å²) in [5.74, 6) is 0. The van der Waals surface area contributed by atoms with E-state index in [-0.39, 0.29) is 10.7 Å². The van der Waals surface area contributed by atoms with Gasteiger partial charge in [0.05, 0.1) is 17.4 Å². The minimum absolute atomic E-state index is 0.0453. The van der Waals surface area contributed by atoms with E-state index in [9.17, 15) is 0 Å². The maximum absolute atomic E-state index is 5.86. The van der Waals surface area contributed by atoms with Crippen LogP contribution in [0.3, 0.4) is 0 Å². The molecule has 3 rings (SSSR count). The minimum atomic E-state index is 0.0453. The number of aromatic nitrogens is 4. The van der Waals surface area contributed by atoms with E-state index in [1.54, 1.807) is 6.20 Å². The van der Waals surface area contributed by atoms with Crippen LogP contribution in [0.1, 0.15) is 26.3 Å². The second-order valence-electron chi connectivity index (χ2n) is 5.76. The first-order chi connectivity index (χ1) is 9.45. The van der Waals surface area contributed by atoms with E-state index in [1.165, 1.54) is 5.56 Å². The molecular formula is C15H15ClN4. The van der Waals surface area contributed by atoms with Gasteiger partial charge in [0, 0.05) is 23.5 Å². The number of hydrogen-bond acceptors (Lipinski definition) is 3. The summed E-state index contributed by atoms with van der Waals surface area (Å²) in [6, 6.07) is 5.92. The highest BCUT2D eigenvalue weighted by molar-refractivity contribution is 6.28. The SMILES string of the molecule is CC(C)(C)c1cnn2ccc(-c3ccnc(Cl)n3)cc12. The maximum Gasteiger partial charge on any atom is 0.222 e. The van der Waals surface area contributed by atoms with Crippen molar-refractivity contribution in [2.24, 2.45) is 0 Å². The van der Waals surface area contributed by atoms with Crippen LogP contribution >= 0.6 is 11.6 Å². The first-order valence-corrected chi connectivity index (χ1v) is 6.80. The van der Waals surface area contributed by atoms with Gasteiger partial charge in [-0.2, -0.15) is 5.10 Å². The van der Waals surface area contributed by atoms with Crippen LogP contribution in [0, 0.1) is 0 Å². The van der Waals surface area contributed by atoms with Gasteiger partial charge in [0.2, 0.25) is 5.28 Å². The standard InChI is InChI=1S/C15H15ClN4/c1-15(2,3)11-9-18-20-7-5-10(8-13(11)20)12-4-6-17-14(16)19-12/h4-9H,1-3H3. The van der Waals surface area contributed by atoms with Crippen molar-refractivity contribution in [3.05, 3.63) is 47.6 Å². The summed E-state index contributed by atoms with van der Waals surface area (Å²) in [5.41, 5.74) is 4.16. The van der Waals surface area contributed by atoms with E-state index in [0.29, 0.717) is 0 Å². The lowest BCUT2D eigenvalue weighted by Crippen LogP contribution is -2.10. The molecule has 0 fully saturated rings. The molecule has 0 radical (unpaired) electrons. The van der Waals surface area contributed by atoms with Crippen molar-refractivity contribution in [2.75, 3.05) is 0 Å². The molecule has 0 N–H and O–H groups in total. The Morgan fingerprint density at radius 3 is 2.70 bits per heavy atom. The Hall–Kier alpha value is -1.94. The first kappa shape index (κ1) is 13.1. The molecule has 0 atom stereocenters. The van der Waals surface area contributed by atoms with Gasteiger partial charge < -0.3 is 0 Å². The number of fused-ring (bicyclic) bond motifs is 1. The zero-order valence-electron chi connectivity index (χ0n) is 11.6. The lowest BCUT2D eigenvalue weighted by molar-refractivity contribution is 0.595. The summed E-state index contributed by atoms with van der Waals surface area (Å²) in [7, 11) is 0. The third kappa shape index (κ3) is 2.27. The molecule has 0 saturated carbocycles. The van der Waals surface area contributed by atoms with Crippen molar-refractivity contribution < 1.29 is 0 Å². The number of rotatable bonds is 1. The van der Waals surface area contributed by atoms with Crippen molar-refractivity contribution in [3.63, 3.8) is 0 Å². The van der Waals surface area contributed by atoms with Crippen LogP contribution in [-0.4, -0.2) is 19.6 Å². The van der Waals surface area contributed by atoms with Gasteiger partial charge in [0.1, 0.15) is 0 Å². The number of hydrogen-bond donors (Lipinski definition) is 0. The molecule has 4 nitrogen and oxygen atoms in total. The van der Waals surface area contributed by atoms with Crippen molar-refractivity contribution in [3.8, 4) is 11.3 Å². The van der Waals surface area contributed by atoms with E-state index in [1.807, 2.05) is 29.0 Å².